The van der Waals surface area contributed by atoms with Crippen molar-refractivity contribution >= 4 is 5.96 Å². The van der Waals surface area contributed by atoms with Crippen LogP contribution in [-0.2, 0) is 18.3 Å². The van der Waals surface area contributed by atoms with Crippen LogP contribution in [0.4, 0.5) is 0 Å². The molecular weight excluding hydrogens is 304 g/mol. The van der Waals surface area contributed by atoms with Crippen LogP contribution in [0.2, 0.25) is 0 Å². The van der Waals surface area contributed by atoms with Gasteiger partial charge in [-0.1, -0.05) is 26.7 Å². The van der Waals surface area contributed by atoms with Crippen LogP contribution in [0.25, 0.3) is 0 Å². The third-order valence-corrected chi connectivity index (χ3v) is 3.88. The highest BCUT2D eigenvalue weighted by Crippen LogP contribution is 2.05. The lowest BCUT2D eigenvalue weighted by Crippen LogP contribution is -2.38. The summed E-state index contributed by atoms with van der Waals surface area (Å²) in [6, 6.07) is 0. The number of hydrogen-bond acceptors (Lipinski definition) is 4. The zero-order chi connectivity index (χ0) is 17.8. The first-order valence-corrected chi connectivity index (χ1v) is 8.90. The fourth-order valence-electron chi connectivity index (χ4n) is 2.22. The molecule has 0 amide bonds. The summed E-state index contributed by atoms with van der Waals surface area (Å²) in [5, 5.41) is 15.0. The molecule has 0 aromatic carbocycles. The summed E-state index contributed by atoms with van der Waals surface area (Å²) in [4.78, 5) is 4.63. The van der Waals surface area contributed by atoms with Crippen LogP contribution in [-0.4, -0.2) is 47.5 Å². The Bertz CT molecular complexity index is 483. The molecule has 0 aliphatic heterocycles. The molecule has 0 bridgehead atoms. The minimum absolute atomic E-state index is 0.517. The average Bonchev–Trinajstić information content (AvgIpc) is 2.87. The normalized spacial score (nSPS) is 12.0. The van der Waals surface area contributed by atoms with E-state index in [-0.39, 0.29) is 0 Å². The highest BCUT2D eigenvalue weighted by atomic mass is 16.5. The van der Waals surface area contributed by atoms with Crippen molar-refractivity contribution in [2.75, 3.05) is 26.8 Å². The molecule has 0 radical (unpaired) electrons. The Hall–Kier alpha value is -1.63. The predicted molar refractivity (Wildman–Crippen MR) is 98.1 cm³/mol. The third kappa shape index (κ3) is 8.29. The number of nitrogens with one attached hydrogen (secondary N) is 2. The summed E-state index contributed by atoms with van der Waals surface area (Å²) in [6.07, 6.45) is 4.62. The molecule has 0 unspecified atom stereocenters. The van der Waals surface area contributed by atoms with Gasteiger partial charge in [0.2, 0.25) is 0 Å². The van der Waals surface area contributed by atoms with Crippen molar-refractivity contribution in [1.82, 2.24) is 25.4 Å². The van der Waals surface area contributed by atoms with E-state index in [4.69, 9.17) is 4.74 Å². The highest BCUT2D eigenvalue weighted by Gasteiger charge is 2.05. The molecule has 138 valence electrons. The number of nitrogens with zero attached hydrogens (tertiary/aromatic N) is 4. The van der Waals surface area contributed by atoms with Crippen LogP contribution in [0.15, 0.2) is 4.99 Å². The van der Waals surface area contributed by atoms with Gasteiger partial charge in [0, 0.05) is 33.9 Å². The number of ether oxygens (including phenoxy) is 1. The van der Waals surface area contributed by atoms with Crippen molar-refractivity contribution in [2.24, 2.45) is 18.0 Å². The van der Waals surface area contributed by atoms with Crippen LogP contribution in [0, 0.1) is 12.8 Å². The lowest BCUT2D eigenvalue weighted by atomic mass is 10.1. The van der Waals surface area contributed by atoms with Gasteiger partial charge in [-0.2, -0.15) is 0 Å². The largest absolute Gasteiger partial charge is 0.385 e. The van der Waals surface area contributed by atoms with E-state index in [0.29, 0.717) is 6.54 Å². The van der Waals surface area contributed by atoms with Crippen LogP contribution in [0.5, 0.6) is 0 Å². The van der Waals surface area contributed by atoms with Gasteiger partial charge in [0.15, 0.2) is 11.8 Å². The Balaban J connectivity index is 2.46. The van der Waals surface area contributed by atoms with E-state index in [9.17, 15) is 0 Å². The molecule has 7 heteroatoms. The van der Waals surface area contributed by atoms with E-state index in [2.05, 4.69) is 39.7 Å². The topological polar surface area (TPSA) is 76.4 Å². The summed E-state index contributed by atoms with van der Waals surface area (Å²) < 4.78 is 7.05. The van der Waals surface area contributed by atoms with Gasteiger partial charge in [-0.05, 0) is 25.7 Å². The van der Waals surface area contributed by atoms with Crippen molar-refractivity contribution in [2.45, 2.75) is 53.0 Å². The molecule has 0 atom stereocenters. The van der Waals surface area contributed by atoms with Crippen molar-refractivity contribution in [3.8, 4) is 0 Å². The van der Waals surface area contributed by atoms with Gasteiger partial charge >= 0.3 is 0 Å². The number of aliphatic imine (C=N–C) groups is 1. The zero-order valence-corrected chi connectivity index (χ0v) is 15.9. The molecule has 2 N–H and O–H groups in total. The molecule has 0 saturated heterocycles. The Morgan fingerprint density at radius 2 is 1.88 bits per heavy atom. The average molecular weight is 339 g/mol. The number of unbranched alkanes of at least 4 members (excludes halogenated alkanes) is 1. The number of aromatic nitrogens is 3. The van der Waals surface area contributed by atoms with Gasteiger partial charge in [-0.15, -0.1) is 10.2 Å². The Kier molecular flexibility index (Phi) is 10.1. The number of guanidine groups is 1. The molecule has 7 nitrogen and oxygen atoms in total. The molecule has 1 rings (SSSR count). The Morgan fingerprint density at radius 1 is 1.17 bits per heavy atom. The monoisotopic (exact) mass is 338 g/mol. The number of rotatable bonds is 11. The predicted octanol–water partition coefficient (Wildman–Crippen LogP) is 2.02. The van der Waals surface area contributed by atoms with E-state index in [1.54, 1.807) is 7.11 Å². The smallest absolute Gasteiger partial charge is 0.191 e. The standard InChI is InChI=1S/C17H34N6O/c1-14(2)9-6-7-10-18-17(19-11-8-12-24-5)20-13-16-22-21-15(3)23(16)4/h14H,6-13H2,1-5H3,(H2,18,19,20). The zero-order valence-electron chi connectivity index (χ0n) is 15.9. The molecule has 1 heterocycles. The van der Waals surface area contributed by atoms with E-state index in [0.717, 1.165) is 56.1 Å². The summed E-state index contributed by atoms with van der Waals surface area (Å²) >= 11 is 0. The second kappa shape index (κ2) is 11.8. The van der Waals surface area contributed by atoms with Crippen LogP contribution in [0.3, 0.4) is 0 Å². The maximum atomic E-state index is 5.09. The van der Waals surface area contributed by atoms with E-state index in [1.165, 1.54) is 12.8 Å². The van der Waals surface area contributed by atoms with Crippen molar-refractivity contribution in [3.63, 3.8) is 0 Å². The summed E-state index contributed by atoms with van der Waals surface area (Å²) in [7, 11) is 3.68. The fourth-order valence-corrected chi connectivity index (χ4v) is 2.22. The minimum atomic E-state index is 0.517. The van der Waals surface area contributed by atoms with Gasteiger partial charge in [0.1, 0.15) is 12.4 Å². The molecule has 0 aliphatic rings. The van der Waals surface area contributed by atoms with E-state index in [1.807, 2.05) is 18.5 Å². The van der Waals surface area contributed by atoms with Crippen LogP contribution >= 0.6 is 0 Å². The molecule has 0 spiro atoms. The molecule has 1 aromatic heterocycles. The minimum Gasteiger partial charge on any atom is -0.385 e. The Labute approximate surface area is 146 Å². The lowest BCUT2D eigenvalue weighted by Gasteiger charge is -2.13. The molecule has 1 aromatic rings. The van der Waals surface area contributed by atoms with Gasteiger partial charge in [-0.25, -0.2) is 4.99 Å². The number of hydrogen-bond donors (Lipinski definition) is 2. The van der Waals surface area contributed by atoms with E-state index >= 15 is 0 Å². The summed E-state index contributed by atoms with van der Waals surface area (Å²) in [5.41, 5.74) is 0. The number of methoxy groups -OCH3 is 1. The first kappa shape index (κ1) is 20.4. The molecule has 0 aliphatic carbocycles. The fraction of sp³-hybridized carbons (Fsp3) is 0.824. The van der Waals surface area contributed by atoms with Crippen LogP contribution in [0.1, 0.15) is 51.2 Å². The molecule has 24 heavy (non-hydrogen) atoms. The molecular formula is C17H34N6O. The van der Waals surface area contributed by atoms with Crippen molar-refractivity contribution in [3.05, 3.63) is 11.6 Å². The van der Waals surface area contributed by atoms with Gasteiger partial charge in [-0.3, -0.25) is 0 Å². The van der Waals surface area contributed by atoms with Gasteiger partial charge in [0.25, 0.3) is 0 Å². The SMILES string of the molecule is COCCCNC(=NCc1nnc(C)n1C)NCCCCC(C)C. The maximum Gasteiger partial charge on any atom is 0.191 e. The molecule has 0 saturated carbocycles. The summed E-state index contributed by atoms with van der Waals surface area (Å²) in [6.45, 7) is 9.50. The van der Waals surface area contributed by atoms with Gasteiger partial charge in [0.05, 0.1) is 0 Å². The Morgan fingerprint density at radius 3 is 2.46 bits per heavy atom. The van der Waals surface area contributed by atoms with Gasteiger partial charge < -0.3 is 19.9 Å². The first-order chi connectivity index (χ1) is 11.5. The maximum absolute atomic E-state index is 5.09. The second-order valence-electron chi connectivity index (χ2n) is 6.48. The van der Waals surface area contributed by atoms with E-state index < -0.39 is 0 Å². The highest BCUT2D eigenvalue weighted by molar-refractivity contribution is 5.79. The van der Waals surface area contributed by atoms with Crippen molar-refractivity contribution < 1.29 is 4.74 Å². The number of aryl methyl sites for hydroxylation is 1. The van der Waals surface area contributed by atoms with Crippen LogP contribution < -0.4 is 10.6 Å². The second-order valence-corrected chi connectivity index (χ2v) is 6.48. The molecule has 0 fully saturated rings. The van der Waals surface area contributed by atoms with Crippen molar-refractivity contribution in [1.29, 1.82) is 0 Å². The quantitative estimate of drug-likeness (QED) is 0.367. The summed E-state index contributed by atoms with van der Waals surface area (Å²) in [5.74, 6) is 3.36. The third-order valence-electron chi connectivity index (χ3n) is 3.88. The lowest BCUT2D eigenvalue weighted by molar-refractivity contribution is 0.195. The first-order valence-electron chi connectivity index (χ1n) is 8.90.